The molecule has 0 fully saturated rings. The van der Waals surface area contributed by atoms with Gasteiger partial charge >= 0.3 is 0 Å². The van der Waals surface area contributed by atoms with Crippen molar-refractivity contribution in [3.63, 3.8) is 0 Å². The Balaban J connectivity index is 2.85. The van der Waals surface area contributed by atoms with Crippen LogP contribution in [0.1, 0.15) is 23.8 Å². The van der Waals surface area contributed by atoms with E-state index >= 15 is 0 Å². The maximum absolute atomic E-state index is 11.9. The molecular formula is C11H17N3O3S. The second-order valence-corrected chi connectivity index (χ2v) is 5.56. The van der Waals surface area contributed by atoms with Crippen LogP contribution in [0.15, 0.2) is 29.3 Å². The third-order valence-corrected chi connectivity index (χ3v) is 3.81. The van der Waals surface area contributed by atoms with Crippen LogP contribution in [0.2, 0.25) is 0 Å². The lowest BCUT2D eigenvalue weighted by Crippen LogP contribution is -2.24. The summed E-state index contributed by atoms with van der Waals surface area (Å²) >= 11 is 0. The summed E-state index contributed by atoms with van der Waals surface area (Å²) in [6, 6.07) is 1.26. The van der Waals surface area contributed by atoms with E-state index in [1.54, 1.807) is 7.05 Å². The monoisotopic (exact) mass is 271 g/mol. The summed E-state index contributed by atoms with van der Waals surface area (Å²) in [6.07, 6.45) is 5.69. The molecule has 0 atom stereocenters. The van der Waals surface area contributed by atoms with Crippen LogP contribution in [-0.4, -0.2) is 25.4 Å². The number of aryl methyl sites for hydroxylation is 1. The van der Waals surface area contributed by atoms with Crippen LogP contribution < -0.4 is 10.5 Å². The minimum Gasteiger partial charge on any atom is -0.364 e. The molecule has 0 aliphatic heterocycles. The Kier molecular flexibility index (Phi) is 4.69. The molecule has 0 spiro atoms. The van der Waals surface area contributed by atoms with E-state index in [0.29, 0.717) is 13.0 Å². The molecule has 0 bridgehead atoms. The number of allylic oxidation sites excluding steroid dienone is 1. The van der Waals surface area contributed by atoms with Crippen LogP contribution in [0.4, 0.5) is 0 Å². The fourth-order valence-corrected chi connectivity index (χ4v) is 2.57. The quantitative estimate of drug-likeness (QED) is 0.578. The van der Waals surface area contributed by atoms with Crippen molar-refractivity contribution in [2.45, 2.75) is 18.2 Å². The number of amides is 1. The topological polar surface area (TPSA) is 94.2 Å². The molecule has 0 aliphatic rings. The molecule has 3 N–H and O–H groups in total. The van der Waals surface area contributed by atoms with Crippen molar-refractivity contribution < 1.29 is 13.2 Å². The summed E-state index contributed by atoms with van der Waals surface area (Å²) in [5, 5.41) is 0. The van der Waals surface area contributed by atoms with E-state index in [4.69, 9.17) is 5.73 Å². The number of nitrogens with zero attached hydrogens (tertiary/aromatic N) is 1. The molecule has 6 nitrogen and oxygen atoms in total. The molecule has 0 unspecified atom stereocenters. The van der Waals surface area contributed by atoms with Gasteiger partial charge in [-0.15, -0.1) is 0 Å². The first kappa shape index (κ1) is 14.5. The summed E-state index contributed by atoms with van der Waals surface area (Å²) in [6.45, 7) is 2.18. The molecular weight excluding hydrogens is 254 g/mol. The molecule has 0 aromatic carbocycles. The molecule has 1 rings (SSSR count). The Bertz CT molecular complexity index is 558. The molecule has 1 amide bonds. The van der Waals surface area contributed by atoms with Crippen molar-refractivity contribution in [1.29, 1.82) is 0 Å². The van der Waals surface area contributed by atoms with Crippen molar-refractivity contribution in [1.82, 2.24) is 9.29 Å². The predicted octanol–water partition coefficient (Wildman–Crippen LogP) is 0.368. The minimum atomic E-state index is -3.59. The van der Waals surface area contributed by atoms with Crippen LogP contribution in [0.5, 0.6) is 0 Å². The lowest BCUT2D eigenvalue weighted by Gasteiger charge is -2.02. The van der Waals surface area contributed by atoms with E-state index < -0.39 is 15.9 Å². The first-order valence-corrected chi connectivity index (χ1v) is 6.94. The number of sulfonamides is 1. The molecule has 1 aromatic rings. The Morgan fingerprint density at radius 3 is 2.72 bits per heavy atom. The predicted molar refractivity (Wildman–Crippen MR) is 68.6 cm³/mol. The highest BCUT2D eigenvalue weighted by atomic mass is 32.2. The fraction of sp³-hybridized carbons (Fsp3) is 0.364. The van der Waals surface area contributed by atoms with Crippen molar-refractivity contribution in [3.05, 3.63) is 30.1 Å². The molecule has 0 aliphatic carbocycles. The molecule has 0 radical (unpaired) electrons. The van der Waals surface area contributed by atoms with Gasteiger partial charge in [-0.1, -0.05) is 12.2 Å². The first-order valence-electron chi connectivity index (χ1n) is 5.45. The summed E-state index contributed by atoms with van der Waals surface area (Å²) < 4.78 is 27.6. The number of nitrogens with one attached hydrogen (secondary N) is 1. The van der Waals surface area contributed by atoms with Crippen molar-refractivity contribution in [2.75, 3.05) is 6.54 Å². The minimum absolute atomic E-state index is 0.0410. The molecule has 0 saturated carbocycles. The SMILES string of the molecule is C/C=C/CCNS(=O)(=O)c1cc(C(N)=O)n(C)c1. The van der Waals surface area contributed by atoms with E-state index in [-0.39, 0.29) is 10.6 Å². The highest BCUT2D eigenvalue weighted by Crippen LogP contribution is 2.12. The van der Waals surface area contributed by atoms with Gasteiger partial charge in [0.15, 0.2) is 0 Å². The molecule has 7 heteroatoms. The van der Waals surface area contributed by atoms with E-state index in [1.807, 2.05) is 19.1 Å². The van der Waals surface area contributed by atoms with Gasteiger partial charge in [0.05, 0.1) is 0 Å². The van der Waals surface area contributed by atoms with Gasteiger partial charge in [-0.3, -0.25) is 4.79 Å². The average Bonchev–Trinajstić information content (AvgIpc) is 2.68. The standard InChI is InChI=1S/C11H17N3O3S/c1-3-4-5-6-13-18(16,17)9-7-10(11(12)15)14(2)8-9/h3-4,7-8,13H,5-6H2,1-2H3,(H2,12,15)/b4-3+. The lowest BCUT2D eigenvalue weighted by atomic mass is 10.4. The zero-order chi connectivity index (χ0) is 13.8. The second kappa shape index (κ2) is 5.83. The number of hydrogen-bond donors (Lipinski definition) is 2. The number of nitrogens with two attached hydrogens (primary N) is 1. The Hall–Kier alpha value is -1.60. The molecule has 1 heterocycles. The Morgan fingerprint density at radius 2 is 2.22 bits per heavy atom. The molecule has 18 heavy (non-hydrogen) atoms. The van der Waals surface area contributed by atoms with Crippen LogP contribution in [0.25, 0.3) is 0 Å². The Labute approximate surface area is 107 Å². The zero-order valence-corrected chi connectivity index (χ0v) is 11.2. The maximum Gasteiger partial charge on any atom is 0.265 e. The van der Waals surface area contributed by atoms with Crippen molar-refractivity contribution in [3.8, 4) is 0 Å². The van der Waals surface area contributed by atoms with E-state index in [0.717, 1.165) is 0 Å². The van der Waals surface area contributed by atoms with Gasteiger partial charge < -0.3 is 10.3 Å². The number of hydrogen-bond acceptors (Lipinski definition) is 3. The van der Waals surface area contributed by atoms with E-state index in [2.05, 4.69) is 4.72 Å². The fourth-order valence-electron chi connectivity index (χ4n) is 1.45. The van der Waals surface area contributed by atoms with Gasteiger partial charge in [0.1, 0.15) is 10.6 Å². The van der Waals surface area contributed by atoms with Gasteiger partial charge in [-0.05, 0) is 19.4 Å². The largest absolute Gasteiger partial charge is 0.364 e. The molecule has 1 aromatic heterocycles. The van der Waals surface area contributed by atoms with Crippen molar-refractivity contribution in [2.24, 2.45) is 12.8 Å². The van der Waals surface area contributed by atoms with Gasteiger partial charge in [0, 0.05) is 19.8 Å². The lowest BCUT2D eigenvalue weighted by molar-refractivity contribution is 0.0992. The van der Waals surface area contributed by atoms with Gasteiger partial charge in [-0.25, -0.2) is 13.1 Å². The van der Waals surface area contributed by atoms with E-state index in [1.165, 1.54) is 16.8 Å². The Morgan fingerprint density at radius 1 is 1.56 bits per heavy atom. The summed E-state index contributed by atoms with van der Waals surface area (Å²) in [5.74, 6) is -0.659. The second-order valence-electron chi connectivity index (χ2n) is 3.79. The summed E-state index contributed by atoms with van der Waals surface area (Å²) in [5.41, 5.74) is 5.28. The highest BCUT2D eigenvalue weighted by Gasteiger charge is 2.18. The molecule has 100 valence electrons. The van der Waals surface area contributed by atoms with E-state index in [9.17, 15) is 13.2 Å². The van der Waals surface area contributed by atoms with Gasteiger partial charge in [0.2, 0.25) is 10.0 Å². The maximum atomic E-state index is 11.9. The van der Waals surface area contributed by atoms with Crippen LogP contribution in [-0.2, 0) is 17.1 Å². The van der Waals surface area contributed by atoms with Crippen LogP contribution >= 0.6 is 0 Å². The van der Waals surface area contributed by atoms with Crippen molar-refractivity contribution >= 4 is 15.9 Å². The van der Waals surface area contributed by atoms with Crippen LogP contribution in [0.3, 0.4) is 0 Å². The zero-order valence-electron chi connectivity index (χ0n) is 10.4. The van der Waals surface area contributed by atoms with Gasteiger partial charge in [0.25, 0.3) is 5.91 Å². The highest BCUT2D eigenvalue weighted by molar-refractivity contribution is 7.89. The third kappa shape index (κ3) is 3.44. The summed E-state index contributed by atoms with van der Waals surface area (Å²) in [7, 11) is -2.02. The molecule has 0 saturated heterocycles. The normalized spacial score (nSPS) is 12.1. The average molecular weight is 271 g/mol. The third-order valence-electron chi connectivity index (χ3n) is 2.38. The number of carbonyl (C=O) groups excluding carboxylic acids is 1. The summed E-state index contributed by atoms with van der Waals surface area (Å²) in [4.78, 5) is 11.1. The number of primary amides is 1. The number of rotatable bonds is 6. The van der Waals surface area contributed by atoms with Gasteiger partial charge in [-0.2, -0.15) is 0 Å². The number of aromatic nitrogens is 1. The van der Waals surface area contributed by atoms with Crippen LogP contribution in [0, 0.1) is 0 Å². The first-order chi connectivity index (χ1) is 8.38. The smallest absolute Gasteiger partial charge is 0.265 e. The number of carbonyl (C=O) groups is 1.